The van der Waals surface area contributed by atoms with Crippen molar-refractivity contribution < 1.29 is 17.5 Å². The van der Waals surface area contributed by atoms with Gasteiger partial charge in [0, 0.05) is 31.2 Å². The van der Waals surface area contributed by atoms with Gasteiger partial charge in [0.25, 0.3) is 0 Å². The molecule has 4 rings (SSSR count). The molecule has 2 heterocycles. The highest BCUT2D eigenvalue weighted by Crippen LogP contribution is 2.35. The zero-order valence-electron chi connectivity index (χ0n) is 18.5. The smallest absolute Gasteiger partial charge is 0.208 e. The van der Waals surface area contributed by atoms with E-state index < -0.39 is 10.0 Å². The van der Waals surface area contributed by atoms with E-state index in [0.717, 1.165) is 43.6 Å². The van der Waals surface area contributed by atoms with Crippen LogP contribution >= 0.6 is 0 Å². The summed E-state index contributed by atoms with van der Waals surface area (Å²) in [6.45, 7) is 1.93. The number of pyridine rings is 1. The van der Waals surface area contributed by atoms with Gasteiger partial charge in [-0.25, -0.2) is 22.5 Å². The highest BCUT2D eigenvalue weighted by Gasteiger charge is 2.33. The first kappa shape index (κ1) is 23.1. The standard InChI is InChI=1S/C24H32FN3O3S/c1-32(29,30)27-23-13-15-28(24-8-4-5-14-26-24)16-19(23)17-31-20-11-9-18(10-12-20)21-6-2-3-7-22(21)25/h2-8,14,18-20,23,27H,9-13,15-17H2,1H3/t18?,19-,20?,23?/m0/s1. The Morgan fingerprint density at radius 1 is 1.09 bits per heavy atom. The van der Waals surface area contributed by atoms with Crippen LogP contribution in [0.25, 0.3) is 0 Å². The lowest BCUT2D eigenvalue weighted by molar-refractivity contribution is -0.00229. The largest absolute Gasteiger partial charge is 0.378 e. The van der Waals surface area contributed by atoms with E-state index in [0.29, 0.717) is 19.6 Å². The third-order valence-electron chi connectivity index (χ3n) is 6.64. The fourth-order valence-electron chi connectivity index (χ4n) is 4.99. The number of hydrogen-bond acceptors (Lipinski definition) is 5. The summed E-state index contributed by atoms with van der Waals surface area (Å²) in [5, 5.41) is 0. The summed E-state index contributed by atoms with van der Waals surface area (Å²) in [6.07, 6.45) is 7.40. The topological polar surface area (TPSA) is 71.5 Å². The molecule has 1 saturated heterocycles. The number of aromatic nitrogens is 1. The normalized spacial score (nSPS) is 26.8. The quantitative estimate of drug-likeness (QED) is 0.681. The van der Waals surface area contributed by atoms with Gasteiger partial charge in [-0.3, -0.25) is 0 Å². The minimum Gasteiger partial charge on any atom is -0.378 e. The predicted molar refractivity (Wildman–Crippen MR) is 124 cm³/mol. The first-order chi connectivity index (χ1) is 15.4. The third kappa shape index (κ3) is 6.05. The molecule has 1 aliphatic heterocycles. The number of nitrogens with one attached hydrogen (secondary N) is 1. The minimum absolute atomic E-state index is 0.0322. The van der Waals surface area contributed by atoms with Crippen LogP contribution in [0, 0.1) is 11.7 Å². The van der Waals surface area contributed by atoms with Crippen molar-refractivity contribution >= 4 is 15.8 Å². The summed E-state index contributed by atoms with van der Waals surface area (Å²) in [7, 11) is -3.30. The van der Waals surface area contributed by atoms with Crippen LogP contribution in [0.15, 0.2) is 48.7 Å². The van der Waals surface area contributed by atoms with E-state index in [1.807, 2.05) is 30.3 Å². The van der Waals surface area contributed by atoms with Crippen molar-refractivity contribution in [1.29, 1.82) is 0 Å². The summed E-state index contributed by atoms with van der Waals surface area (Å²) < 4.78 is 47.0. The summed E-state index contributed by atoms with van der Waals surface area (Å²) in [5.74, 6) is 1.05. The Morgan fingerprint density at radius 2 is 1.84 bits per heavy atom. The number of halogens is 1. The SMILES string of the molecule is CS(=O)(=O)NC1CCN(c2ccccn2)C[C@H]1COC1CCC(c2ccccc2F)CC1. The van der Waals surface area contributed by atoms with Crippen LogP contribution in [0.3, 0.4) is 0 Å². The molecule has 0 radical (unpaired) electrons. The maximum absolute atomic E-state index is 14.1. The molecule has 1 aromatic carbocycles. The molecule has 2 aromatic rings. The Bertz CT molecular complexity index is 981. The Hall–Kier alpha value is -2.03. The van der Waals surface area contributed by atoms with Gasteiger partial charge in [-0.2, -0.15) is 0 Å². The molecule has 32 heavy (non-hydrogen) atoms. The van der Waals surface area contributed by atoms with Gasteiger partial charge in [0.05, 0.1) is 19.0 Å². The van der Waals surface area contributed by atoms with E-state index in [9.17, 15) is 12.8 Å². The van der Waals surface area contributed by atoms with E-state index in [-0.39, 0.29) is 29.8 Å². The lowest BCUT2D eigenvalue weighted by Crippen LogP contribution is -2.52. The van der Waals surface area contributed by atoms with Crippen molar-refractivity contribution in [2.75, 3.05) is 30.9 Å². The second kappa shape index (κ2) is 10.3. The van der Waals surface area contributed by atoms with Gasteiger partial charge < -0.3 is 9.64 Å². The summed E-state index contributed by atoms with van der Waals surface area (Å²) in [4.78, 5) is 6.64. The van der Waals surface area contributed by atoms with Crippen molar-refractivity contribution in [2.45, 2.75) is 50.2 Å². The number of piperidine rings is 1. The Kier molecular flexibility index (Phi) is 7.43. The van der Waals surface area contributed by atoms with E-state index >= 15 is 0 Å². The molecule has 2 aliphatic rings. The molecule has 0 bridgehead atoms. The van der Waals surface area contributed by atoms with Crippen molar-refractivity contribution in [2.24, 2.45) is 5.92 Å². The molecule has 2 atom stereocenters. The van der Waals surface area contributed by atoms with Crippen LogP contribution < -0.4 is 9.62 Å². The number of ether oxygens (including phenoxy) is 1. The molecule has 1 N–H and O–H groups in total. The molecule has 6 nitrogen and oxygen atoms in total. The fraction of sp³-hybridized carbons (Fsp3) is 0.542. The number of sulfonamides is 1. The van der Waals surface area contributed by atoms with Crippen LogP contribution in [0.1, 0.15) is 43.6 Å². The Morgan fingerprint density at radius 3 is 2.53 bits per heavy atom. The molecule has 1 aliphatic carbocycles. The molecule has 1 aromatic heterocycles. The second-order valence-electron chi connectivity index (χ2n) is 9.01. The Labute approximate surface area is 190 Å². The van der Waals surface area contributed by atoms with Crippen LogP contribution in [0.2, 0.25) is 0 Å². The van der Waals surface area contributed by atoms with Gasteiger partial charge >= 0.3 is 0 Å². The Balaban J connectivity index is 1.35. The maximum atomic E-state index is 14.1. The van der Waals surface area contributed by atoms with Crippen LogP contribution in [-0.4, -0.2) is 51.5 Å². The number of nitrogens with zero attached hydrogens (tertiary/aromatic N) is 2. The molecule has 0 spiro atoms. The molecular formula is C24H32FN3O3S. The first-order valence-electron chi connectivity index (χ1n) is 11.4. The van der Waals surface area contributed by atoms with E-state index in [1.54, 1.807) is 12.3 Å². The fourth-order valence-corrected chi connectivity index (χ4v) is 5.85. The number of hydrogen-bond donors (Lipinski definition) is 1. The monoisotopic (exact) mass is 461 g/mol. The number of benzene rings is 1. The maximum Gasteiger partial charge on any atom is 0.208 e. The van der Waals surface area contributed by atoms with Gasteiger partial charge in [0.1, 0.15) is 11.6 Å². The third-order valence-corrected chi connectivity index (χ3v) is 7.37. The van der Waals surface area contributed by atoms with Gasteiger partial charge in [-0.1, -0.05) is 24.3 Å². The van der Waals surface area contributed by atoms with Crippen molar-refractivity contribution in [3.05, 3.63) is 60.0 Å². The second-order valence-corrected chi connectivity index (χ2v) is 10.8. The average molecular weight is 462 g/mol. The highest BCUT2D eigenvalue weighted by atomic mass is 32.2. The first-order valence-corrected chi connectivity index (χ1v) is 13.3. The van der Waals surface area contributed by atoms with Crippen molar-refractivity contribution in [1.82, 2.24) is 9.71 Å². The summed E-state index contributed by atoms with van der Waals surface area (Å²) in [5.41, 5.74) is 0.807. The molecule has 1 saturated carbocycles. The molecule has 174 valence electrons. The lowest BCUT2D eigenvalue weighted by Gasteiger charge is -2.40. The molecule has 1 unspecified atom stereocenters. The van der Waals surface area contributed by atoms with E-state index in [2.05, 4.69) is 14.6 Å². The highest BCUT2D eigenvalue weighted by molar-refractivity contribution is 7.88. The molecule has 8 heteroatoms. The van der Waals surface area contributed by atoms with E-state index in [1.165, 1.54) is 12.3 Å². The average Bonchev–Trinajstić information content (AvgIpc) is 2.79. The van der Waals surface area contributed by atoms with Gasteiger partial charge in [-0.05, 0) is 61.8 Å². The lowest BCUT2D eigenvalue weighted by atomic mass is 9.82. The molecule has 0 amide bonds. The zero-order valence-corrected chi connectivity index (χ0v) is 19.3. The minimum atomic E-state index is -3.30. The van der Waals surface area contributed by atoms with Crippen LogP contribution in [-0.2, 0) is 14.8 Å². The number of rotatable bonds is 7. The van der Waals surface area contributed by atoms with Crippen LogP contribution in [0.4, 0.5) is 10.2 Å². The predicted octanol–water partition coefficient (Wildman–Crippen LogP) is 3.71. The molecule has 2 fully saturated rings. The number of anilines is 1. The summed E-state index contributed by atoms with van der Waals surface area (Å²) in [6, 6.07) is 12.7. The van der Waals surface area contributed by atoms with Gasteiger partial charge in [-0.15, -0.1) is 0 Å². The van der Waals surface area contributed by atoms with Gasteiger partial charge in [0.2, 0.25) is 10.0 Å². The van der Waals surface area contributed by atoms with Crippen LogP contribution in [0.5, 0.6) is 0 Å². The zero-order chi connectivity index (χ0) is 22.6. The summed E-state index contributed by atoms with van der Waals surface area (Å²) >= 11 is 0. The molecular weight excluding hydrogens is 429 g/mol. The van der Waals surface area contributed by atoms with Crippen molar-refractivity contribution in [3.8, 4) is 0 Å². The van der Waals surface area contributed by atoms with Gasteiger partial charge in [0.15, 0.2) is 0 Å². The van der Waals surface area contributed by atoms with E-state index in [4.69, 9.17) is 4.74 Å². The van der Waals surface area contributed by atoms with Crippen molar-refractivity contribution in [3.63, 3.8) is 0 Å².